The van der Waals surface area contributed by atoms with E-state index in [1.165, 1.54) is 19.3 Å². The number of alkyl halides is 1. The molecule has 5 nitrogen and oxygen atoms in total. The lowest BCUT2D eigenvalue weighted by Crippen LogP contribution is -2.34. The van der Waals surface area contributed by atoms with E-state index in [-0.39, 0.29) is 6.67 Å². The molecule has 0 unspecified atom stereocenters. The molecule has 3 aromatic rings. The van der Waals surface area contributed by atoms with Gasteiger partial charge in [0.2, 0.25) is 0 Å². The number of hydrogen-bond acceptors (Lipinski definition) is 5. The van der Waals surface area contributed by atoms with Gasteiger partial charge in [0.25, 0.3) is 0 Å². The molecule has 32 heavy (non-hydrogen) atoms. The highest BCUT2D eigenvalue weighted by Crippen LogP contribution is 2.43. The molecule has 172 valence electrons. The van der Waals surface area contributed by atoms with Crippen molar-refractivity contribution in [3.63, 3.8) is 0 Å². The van der Waals surface area contributed by atoms with Gasteiger partial charge in [0, 0.05) is 24.8 Å². The highest BCUT2D eigenvalue weighted by atomic mass is 32.2. The number of aromatic nitrogens is 2. The van der Waals surface area contributed by atoms with Crippen LogP contribution in [-0.2, 0) is 0 Å². The Labute approximate surface area is 193 Å². The average Bonchev–Trinajstić information content (AvgIpc) is 3.16. The number of halogens is 1. The van der Waals surface area contributed by atoms with Crippen LogP contribution in [-0.4, -0.2) is 49.6 Å². The van der Waals surface area contributed by atoms with Gasteiger partial charge in [0.15, 0.2) is 0 Å². The van der Waals surface area contributed by atoms with Gasteiger partial charge in [-0.1, -0.05) is 6.42 Å². The number of pyridine rings is 1. The molecular weight excluding hydrogens is 425 g/mol. The number of aryl methyl sites for hydroxylation is 1. The fraction of sp³-hybridized carbons (Fsp3) is 0.480. The molecule has 0 atom stereocenters. The second kappa shape index (κ2) is 10.0. The summed E-state index contributed by atoms with van der Waals surface area (Å²) in [4.78, 5) is 7.38. The van der Waals surface area contributed by atoms with E-state index in [0.29, 0.717) is 18.9 Å². The molecule has 0 bridgehead atoms. The zero-order valence-electron chi connectivity index (χ0n) is 19.4. The first kappa shape index (κ1) is 22.8. The molecule has 1 aliphatic carbocycles. The highest BCUT2D eigenvalue weighted by Gasteiger charge is 2.26. The van der Waals surface area contributed by atoms with Crippen LogP contribution in [0.15, 0.2) is 35.5 Å². The molecule has 1 aromatic carbocycles. The number of benzene rings is 1. The Bertz CT molecular complexity index is 1060. The third-order valence-corrected chi connectivity index (χ3v) is 6.93. The van der Waals surface area contributed by atoms with Crippen molar-refractivity contribution in [2.75, 3.05) is 45.1 Å². The van der Waals surface area contributed by atoms with E-state index in [1.54, 1.807) is 26.0 Å². The lowest BCUT2D eigenvalue weighted by atomic mass is 9.85. The van der Waals surface area contributed by atoms with Crippen LogP contribution >= 0.6 is 11.8 Å². The van der Waals surface area contributed by atoms with Gasteiger partial charge in [-0.05, 0) is 68.2 Å². The molecule has 1 saturated carbocycles. The summed E-state index contributed by atoms with van der Waals surface area (Å²) in [5.41, 5.74) is 3.77. The van der Waals surface area contributed by atoms with Gasteiger partial charge in [-0.25, -0.2) is 4.98 Å². The fourth-order valence-electron chi connectivity index (χ4n) is 4.48. The minimum absolute atomic E-state index is 0.310. The standard InChI is InChI=1S/C25H32FN3O2S/c1-17-14-20(30-2)22(21(15-17)31-3)19-10-6-13-29-23(19)27-24(32-4)25(29)28(12-7-11-26)16-18-8-5-9-18/h6,10,13-15,18H,5,7-9,11-12,16H2,1-4H3. The van der Waals surface area contributed by atoms with Crippen molar-refractivity contribution in [3.05, 3.63) is 36.0 Å². The van der Waals surface area contributed by atoms with E-state index in [0.717, 1.165) is 51.2 Å². The van der Waals surface area contributed by atoms with E-state index in [2.05, 4.69) is 27.8 Å². The zero-order valence-corrected chi connectivity index (χ0v) is 20.2. The van der Waals surface area contributed by atoms with Crippen molar-refractivity contribution >= 4 is 23.2 Å². The van der Waals surface area contributed by atoms with Crippen LogP contribution in [0.5, 0.6) is 11.5 Å². The third kappa shape index (κ3) is 4.27. The molecule has 0 spiro atoms. The molecule has 0 radical (unpaired) electrons. The Kier molecular flexibility index (Phi) is 7.13. The van der Waals surface area contributed by atoms with Crippen LogP contribution in [0.25, 0.3) is 16.8 Å². The summed E-state index contributed by atoms with van der Waals surface area (Å²) >= 11 is 1.63. The molecule has 0 N–H and O–H groups in total. The molecule has 2 heterocycles. The van der Waals surface area contributed by atoms with Gasteiger partial charge in [0.05, 0.1) is 26.5 Å². The van der Waals surface area contributed by atoms with E-state index in [9.17, 15) is 4.39 Å². The Hall–Kier alpha value is -2.41. The topological polar surface area (TPSA) is 39.0 Å². The van der Waals surface area contributed by atoms with Gasteiger partial charge in [0.1, 0.15) is 28.0 Å². The monoisotopic (exact) mass is 457 g/mol. The minimum Gasteiger partial charge on any atom is -0.496 e. The van der Waals surface area contributed by atoms with Crippen LogP contribution in [0.1, 0.15) is 31.2 Å². The largest absolute Gasteiger partial charge is 0.496 e. The third-order valence-electron chi connectivity index (χ3n) is 6.27. The Morgan fingerprint density at radius 2 is 1.94 bits per heavy atom. The maximum Gasteiger partial charge on any atom is 0.147 e. The number of hydrogen-bond donors (Lipinski definition) is 0. The summed E-state index contributed by atoms with van der Waals surface area (Å²) in [5, 5.41) is 0.959. The maximum absolute atomic E-state index is 13.1. The summed E-state index contributed by atoms with van der Waals surface area (Å²) in [7, 11) is 3.36. The summed E-state index contributed by atoms with van der Waals surface area (Å²) < 4.78 is 26.7. The molecule has 1 fully saturated rings. The lowest BCUT2D eigenvalue weighted by Gasteiger charge is -2.33. The molecular formula is C25H32FN3O2S. The number of rotatable bonds is 10. The smallest absolute Gasteiger partial charge is 0.147 e. The molecule has 2 aromatic heterocycles. The summed E-state index contributed by atoms with van der Waals surface area (Å²) in [6, 6.07) is 8.13. The molecule has 4 rings (SSSR count). The van der Waals surface area contributed by atoms with Gasteiger partial charge in [-0.2, -0.15) is 0 Å². The predicted octanol–water partition coefficient (Wildman–Crippen LogP) is 6.01. The van der Waals surface area contributed by atoms with Crippen molar-refractivity contribution in [3.8, 4) is 22.6 Å². The van der Waals surface area contributed by atoms with Gasteiger partial charge in [-0.3, -0.25) is 8.79 Å². The predicted molar refractivity (Wildman–Crippen MR) is 130 cm³/mol. The minimum atomic E-state index is -0.310. The highest BCUT2D eigenvalue weighted by molar-refractivity contribution is 7.98. The normalized spacial score (nSPS) is 13.9. The van der Waals surface area contributed by atoms with Crippen molar-refractivity contribution in [1.82, 2.24) is 9.38 Å². The van der Waals surface area contributed by atoms with E-state index < -0.39 is 0 Å². The number of fused-ring (bicyclic) bond motifs is 1. The van der Waals surface area contributed by atoms with Crippen molar-refractivity contribution < 1.29 is 13.9 Å². The Balaban J connectivity index is 1.89. The van der Waals surface area contributed by atoms with Crippen LogP contribution in [0.3, 0.4) is 0 Å². The molecule has 0 saturated heterocycles. The van der Waals surface area contributed by atoms with Gasteiger partial charge >= 0.3 is 0 Å². The van der Waals surface area contributed by atoms with Crippen molar-refractivity contribution in [2.24, 2.45) is 5.92 Å². The molecule has 0 aliphatic heterocycles. The average molecular weight is 458 g/mol. The maximum atomic E-state index is 13.1. The Morgan fingerprint density at radius 3 is 2.50 bits per heavy atom. The zero-order chi connectivity index (χ0) is 22.7. The SMILES string of the molecule is COc1cc(C)cc(OC)c1-c1cccn2c(N(CCCF)CC3CCC3)c(SC)nc12. The van der Waals surface area contributed by atoms with E-state index >= 15 is 0 Å². The summed E-state index contributed by atoms with van der Waals surface area (Å²) in [6.07, 6.45) is 8.42. The first-order chi connectivity index (χ1) is 15.6. The first-order valence-corrected chi connectivity index (χ1v) is 12.4. The van der Waals surface area contributed by atoms with E-state index in [1.807, 2.05) is 25.1 Å². The number of nitrogens with zero attached hydrogens (tertiary/aromatic N) is 3. The summed E-state index contributed by atoms with van der Waals surface area (Å²) in [6.45, 7) is 3.35. The van der Waals surface area contributed by atoms with Gasteiger partial charge < -0.3 is 14.4 Å². The van der Waals surface area contributed by atoms with Crippen LogP contribution in [0.4, 0.5) is 10.2 Å². The van der Waals surface area contributed by atoms with Crippen LogP contribution in [0, 0.1) is 12.8 Å². The number of methoxy groups -OCH3 is 2. The van der Waals surface area contributed by atoms with E-state index in [4.69, 9.17) is 14.5 Å². The number of imidazole rings is 1. The number of thioether (sulfide) groups is 1. The second-order valence-electron chi connectivity index (χ2n) is 8.39. The van der Waals surface area contributed by atoms with Gasteiger partial charge in [-0.15, -0.1) is 11.8 Å². The number of anilines is 1. The second-order valence-corrected chi connectivity index (χ2v) is 9.19. The quantitative estimate of drug-likeness (QED) is 0.348. The molecule has 1 aliphatic rings. The summed E-state index contributed by atoms with van der Waals surface area (Å²) in [5.74, 6) is 3.25. The number of ether oxygens (including phenoxy) is 2. The van der Waals surface area contributed by atoms with Crippen LogP contribution in [0.2, 0.25) is 0 Å². The molecule has 7 heteroatoms. The van der Waals surface area contributed by atoms with Crippen molar-refractivity contribution in [1.29, 1.82) is 0 Å². The van der Waals surface area contributed by atoms with Crippen LogP contribution < -0.4 is 14.4 Å². The molecule has 0 amide bonds. The fourth-order valence-corrected chi connectivity index (χ4v) is 5.07. The van der Waals surface area contributed by atoms with Crippen molar-refractivity contribution in [2.45, 2.75) is 37.6 Å². The first-order valence-electron chi connectivity index (χ1n) is 11.2. The Morgan fingerprint density at radius 1 is 1.22 bits per heavy atom. The lowest BCUT2D eigenvalue weighted by molar-refractivity contribution is 0.314.